The Morgan fingerprint density at radius 1 is 1.04 bits per heavy atom. The number of aromatic nitrogens is 1. The van der Waals surface area contributed by atoms with Crippen molar-refractivity contribution in [3.8, 4) is 0 Å². The Balaban J connectivity index is 1.62. The van der Waals surface area contributed by atoms with Gasteiger partial charge in [0.25, 0.3) is 5.91 Å². The number of piperazine rings is 1. The SMILES string of the molecule is CCN1CCN(C(=O)c2sc(CN3CCCCC3)nc2C)CC1. The fraction of sp³-hybridized carbons (Fsp3) is 0.765. The number of carbonyl (C=O) groups excluding carboxylic acids is 1. The van der Waals surface area contributed by atoms with Gasteiger partial charge in [0.1, 0.15) is 9.88 Å². The van der Waals surface area contributed by atoms with Gasteiger partial charge < -0.3 is 9.80 Å². The molecule has 0 aromatic carbocycles. The molecule has 0 bridgehead atoms. The molecule has 6 heteroatoms. The molecule has 2 aliphatic heterocycles. The minimum atomic E-state index is 0.181. The van der Waals surface area contributed by atoms with Crippen molar-refractivity contribution in [3.63, 3.8) is 0 Å². The summed E-state index contributed by atoms with van der Waals surface area (Å²) >= 11 is 1.60. The van der Waals surface area contributed by atoms with Crippen molar-refractivity contribution >= 4 is 17.2 Å². The van der Waals surface area contributed by atoms with Gasteiger partial charge in [-0.2, -0.15) is 0 Å². The Kier molecular flexibility index (Phi) is 5.67. The number of thiazole rings is 1. The van der Waals surface area contributed by atoms with Crippen LogP contribution in [-0.4, -0.2) is 71.4 Å². The molecule has 0 unspecified atom stereocenters. The number of piperidine rings is 1. The van der Waals surface area contributed by atoms with Crippen LogP contribution < -0.4 is 0 Å². The molecule has 0 atom stereocenters. The van der Waals surface area contributed by atoms with Crippen molar-refractivity contribution < 1.29 is 4.79 Å². The minimum Gasteiger partial charge on any atom is -0.335 e. The van der Waals surface area contributed by atoms with E-state index in [-0.39, 0.29) is 5.91 Å². The summed E-state index contributed by atoms with van der Waals surface area (Å²) in [6.07, 6.45) is 3.93. The van der Waals surface area contributed by atoms with Crippen molar-refractivity contribution in [3.05, 3.63) is 15.6 Å². The lowest BCUT2D eigenvalue weighted by Gasteiger charge is -2.33. The number of carbonyl (C=O) groups is 1. The normalized spacial score (nSPS) is 20.9. The van der Waals surface area contributed by atoms with Crippen LogP contribution in [0.4, 0.5) is 0 Å². The summed E-state index contributed by atoms with van der Waals surface area (Å²) in [6, 6.07) is 0. The molecule has 2 aliphatic rings. The molecule has 2 fully saturated rings. The zero-order chi connectivity index (χ0) is 16.2. The van der Waals surface area contributed by atoms with Gasteiger partial charge in [-0.1, -0.05) is 13.3 Å². The van der Waals surface area contributed by atoms with E-state index in [2.05, 4.69) is 21.7 Å². The van der Waals surface area contributed by atoms with Crippen LogP contribution in [0.1, 0.15) is 46.6 Å². The fourth-order valence-corrected chi connectivity index (χ4v) is 4.51. The lowest BCUT2D eigenvalue weighted by atomic mass is 10.1. The highest BCUT2D eigenvalue weighted by Crippen LogP contribution is 2.23. The second-order valence-electron chi connectivity index (χ2n) is 6.59. The zero-order valence-corrected chi connectivity index (χ0v) is 15.2. The highest BCUT2D eigenvalue weighted by atomic mass is 32.1. The van der Waals surface area contributed by atoms with Gasteiger partial charge in [-0.25, -0.2) is 4.98 Å². The quantitative estimate of drug-likeness (QED) is 0.845. The van der Waals surface area contributed by atoms with E-state index >= 15 is 0 Å². The molecule has 3 heterocycles. The lowest BCUT2D eigenvalue weighted by Crippen LogP contribution is -2.48. The Labute approximate surface area is 143 Å². The number of amides is 1. The van der Waals surface area contributed by atoms with Crippen LogP contribution in [0, 0.1) is 6.92 Å². The van der Waals surface area contributed by atoms with Crippen molar-refractivity contribution in [2.75, 3.05) is 45.8 Å². The van der Waals surface area contributed by atoms with Gasteiger partial charge in [0.2, 0.25) is 0 Å². The molecule has 0 aliphatic carbocycles. The van der Waals surface area contributed by atoms with Gasteiger partial charge in [0.15, 0.2) is 0 Å². The van der Waals surface area contributed by atoms with Crippen molar-refractivity contribution in [1.82, 2.24) is 19.7 Å². The van der Waals surface area contributed by atoms with Crippen LogP contribution in [0.5, 0.6) is 0 Å². The lowest BCUT2D eigenvalue weighted by molar-refractivity contribution is 0.0647. The van der Waals surface area contributed by atoms with Crippen molar-refractivity contribution in [2.45, 2.75) is 39.7 Å². The highest BCUT2D eigenvalue weighted by molar-refractivity contribution is 7.13. The molecule has 0 saturated carbocycles. The minimum absolute atomic E-state index is 0.181. The zero-order valence-electron chi connectivity index (χ0n) is 14.4. The molecule has 1 aromatic rings. The van der Waals surface area contributed by atoms with E-state index in [1.54, 1.807) is 11.3 Å². The third kappa shape index (κ3) is 4.11. The Morgan fingerprint density at radius 2 is 1.74 bits per heavy atom. The molecule has 23 heavy (non-hydrogen) atoms. The predicted octanol–water partition coefficient (Wildman–Crippen LogP) is 2.22. The maximum atomic E-state index is 12.8. The summed E-state index contributed by atoms with van der Waals surface area (Å²) < 4.78 is 0. The molecular formula is C17H28N4OS. The molecule has 0 radical (unpaired) electrons. The summed E-state index contributed by atoms with van der Waals surface area (Å²) in [5, 5.41) is 1.10. The van der Waals surface area contributed by atoms with Gasteiger partial charge in [-0.15, -0.1) is 11.3 Å². The standard InChI is InChI=1S/C17H28N4OS/c1-3-19-9-11-21(12-10-19)17(22)16-14(2)18-15(23-16)13-20-7-5-4-6-8-20/h3-13H2,1-2H3. The monoisotopic (exact) mass is 336 g/mol. The van der Waals surface area contributed by atoms with Crippen LogP contribution in [0.15, 0.2) is 0 Å². The van der Waals surface area contributed by atoms with Gasteiger partial charge >= 0.3 is 0 Å². The van der Waals surface area contributed by atoms with E-state index in [1.165, 1.54) is 32.4 Å². The maximum absolute atomic E-state index is 12.8. The first-order valence-electron chi connectivity index (χ1n) is 8.87. The average molecular weight is 337 g/mol. The number of likely N-dealkylation sites (N-methyl/N-ethyl adjacent to an activating group) is 1. The third-order valence-corrected chi connectivity index (χ3v) is 6.08. The molecule has 3 rings (SSSR count). The third-order valence-electron chi connectivity index (χ3n) is 4.95. The van der Waals surface area contributed by atoms with Gasteiger partial charge in [-0.3, -0.25) is 9.69 Å². The summed E-state index contributed by atoms with van der Waals surface area (Å²) in [5.74, 6) is 0.181. The predicted molar refractivity (Wildman–Crippen MR) is 94.0 cm³/mol. The van der Waals surface area contributed by atoms with Crippen LogP contribution in [0.3, 0.4) is 0 Å². The molecule has 1 aromatic heterocycles. The van der Waals surface area contributed by atoms with E-state index in [0.29, 0.717) is 0 Å². The fourth-order valence-electron chi connectivity index (χ4n) is 3.44. The largest absolute Gasteiger partial charge is 0.335 e. The second-order valence-corrected chi connectivity index (χ2v) is 7.67. The van der Waals surface area contributed by atoms with Gasteiger partial charge in [0, 0.05) is 26.2 Å². The van der Waals surface area contributed by atoms with Crippen LogP contribution in [0.2, 0.25) is 0 Å². The first-order valence-corrected chi connectivity index (χ1v) is 9.69. The summed E-state index contributed by atoms with van der Waals surface area (Å²) in [5.41, 5.74) is 0.907. The Bertz CT molecular complexity index is 531. The van der Waals surface area contributed by atoms with E-state index < -0.39 is 0 Å². The summed E-state index contributed by atoms with van der Waals surface area (Å²) in [4.78, 5) is 25.2. The number of aryl methyl sites for hydroxylation is 1. The second kappa shape index (κ2) is 7.73. The van der Waals surface area contributed by atoms with E-state index in [4.69, 9.17) is 0 Å². The molecule has 0 spiro atoms. The average Bonchev–Trinajstić information content (AvgIpc) is 2.95. The summed E-state index contributed by atoms with van der Waals surface area (Å²) in [6.45, 7) is 12.1. The molecule has 2 saturated heterocycles. The van der Waals surface area contributed by atoms with Crippen LogP contribution >= 0.6 is 11.3 Å². The van der Waals surface area contributed by atoms with Crippen LogP contribution in [0.25, 0.3) is 0 Å². The first kappa shape index (κ1) is 16.9. The number of nitrogens with zero attached hydrogens (tertiary/aromatic N) is 4. The van der Waals surface area contributed by atoms with Crippen molar-refractivity contribution in [2.24, 2.45) is 0 Å². The highest BCUT2D eigenvalue weighted by Gasteiger charge is 2.25. The first-order chi connectivity index (χ1) is 11.2. The number of hydrogen-bond acceptors (Lipinski definition) is 5. The number of rotatable bonds is 4. The van der Waals surface area contributed by atoms with Crippen LogP contribution in [-0.2, 0) is 6.54 Å². The van der Waals surface area contributed by atoms with E-state index in [0.717, 1.165) is 54.8 Å². The van der Waals surface area contributed by atoms with E-state index in [1.807, 2.05) is 11.8 Å². The smallest absolute Gasteiger partial charge is 0.265 e. The van der Waals surface area contributed by atoms with E-state index in [9.17, 15) is 4.79 Å². The molecule has 128 valence electrons. The Morgan fingerprint density at radius 3 is 2.39 bits per heavy atom. The van der Waals surface area contributed by atoms with Gasteiger partial charge in [-0.05, 0) is 39.4 Å². The van der Waals surface area contributed by atoms with Gasteiger partial charge in [0.05, 0.1) is 12.2 Å². The summed E-state index contributed by atoms with van der Waals surface area (Å²) in [7, 11) is 0. The number of likely N-dealkylation sites (tertiary alicyclic amines) is 1. The Hall–Kier alpha value is -0.980. The maximum Gasteiger partial charge on any atom is 0.265 e. The number of hydrogen-bond donors (Lipinski definition) is 0. The topological polar surface area (TPSA) is 39.7 Å². The van der Waals surface area contributed by atoms with Crippen molar-refractivity contribution in [1.29, 1.82) is 0 Å². The molecular weight excluding hydrogens is 308 g/mol. The molecule has 0 N–H and O–H groups in total. The molecule has 1 amide bonds. The molecule has 5 nitrogen and oxygen atoms in total.